The third-order valence-electron chi connectivity index (χ3n) is 3.05. The van der Waals surface area contributed by atoms with E-state index in [1.807, 2.05) is 0 Å². The second-order valence-corrected chi connectivity index (χ2v) is 5.05. The van der Waals surface area contributed by atoms with E-state index in [0.29, 0.717) is 11.3 Å². The standard InChI is InChI=1S/C14H18F3N3O3/c1-4-7-20(9-14(15,16)17)11(21)6-5-10-8-18(2)13(23)19(3)12(10)22/h5-6,8H,4,7,9H2,1-3H3/b6-5-. The van der Waals surface area contributed by atoms with Gasteiger partial charge in [0, 0.05) is 32.9 Å². The highest BCUT2D eigenvalue weighted by molar-refractivity contribution is 5.91. The molecule has 6 nitrogen and oxygen atoms in total. The zero-order chi connectivity index (χ0) is 17.8. The predicted octanol–water partition coefficient (Wildman–Crippen LogP) is 0.898. The number of rotatable bonds is 5. The van der Waals surface area contributed by atoms with Crippen molar-refractivity contribution in [3.63, 3.8) is 0 Å². The number of aromatic nitrogens is 2. The second-order valence-electron chi connectivity index (χ2n) is 5.05. The summed E-state index contributed by atoms with van der Waals surface area (Å²) in [4.78, 5) is 36.0. The van der Waals surface area contributed by atoms with Crippen molar-refractivity contribution in [1.29, 1.82) is 0 Å². The van der Waals surface area contributed by atoms with Gasteiger partial charge >= 0.3 is 11.9 Å². The molecule has 0 N–H and O–H groups in total. The predicted molar refractivity (Wildman–Crippen MR) is 78.9 cm³/mol. The van der Waals surface area contributed by atoms with Crippen LogP contribution in [0.1, 0.15) is 18.9 Å². The van der Waals surface area contributed by atoms with Gasteiger partial charge in [-0.15, -0.1) is 0 Å². The molecule has 0 aliphatic heterocycles. The second kappa shape index (κ2) is 7.30. The zero-order valence-electron chi connectivity index (χ0n) is 13.1. The van der Waals surface area contributed by atoms with Gasteiger partial charge in [0.1, 0.15) is 6.54 Å². The summed E-state index contributed by atoms with van der Waals surface area (Å²) in [6.45, 7) is 0.256. The molecule has 0 saturated heterocycles. The van der Waals surface area contributed by atoms with Crippen LogP contribution in [0.15, 0.2) is 21.9 Å². The smallest absolute Gasteiger partial charge is 0.330 e. The highest BCUT2D eigenvalue weighted by Gasteiger charge is 2.31. The van der Waals surface area contributed by atoms with E-state index in [4.69, 9.17) is 0 Å². The SMILES string of the molecule is CCCN(CC(F)(F)F)C(=O)/C=C\c1cn(C)c(=O)n(C)c1=O. The Morgan fingerprint density at radius 3 is 2.43 bits per heavy atom. The number of amides is 1. The van der Waals surface area contributed by atoms with Crippen LogP contribution in [0.5, 0.6) is 0 Å². The minimum Gasteiger partial charge on any atom is -0.330 e. The number of aryl methyl sites for hydroxylation is 1. The lowest BCUT2D eigenvalue weighted by Gasteiger charge is -2.21. The summed E-state index contributed by atoms with van der Waals surface area (Å²) in [5.74, 6) is -0.847. The molecule has 23 heavy (non-hydrogen) atoms. The van der Waals surface area contributed by atoms with E-state index < -0.39 is 29.9 Å². The molecule has 0 aliphatic carbocycles. The van der Waals surface area contributed by atoms with Gasteiger partial charge in [-0.2, -0.15) is 13.2 Å². The number of halogens is 3. The van der Waals surface area contributed by atoms with Gasteiger partial charge in [-0.1, -0.05) is 6.92 Å². The summed E-state index contributed by atoms with van der Waals surface area (Å²) < 4.78 is 39.4. The van der Waals surface area contributed by atoms with E-state index in [0.717, 1.165) is 21.3 Å². The zero-order valence-corrected chi connectivity index (χ0v) is 13.1. The van der Waals surface area contributed by atoms with Gasteiger partial charge in [0.15, 0.2) is 0 Å². The van der Waals surface area contributed by atoms with Crippen LogP contribution in [0.2, 0.25) is 0 Å². The average molecular weight is 333 g/mol. The van der Waals surface area contributed by atoms with Gasteiger partial charge in [-0.05, 0) is 12.5 Å². The van der Waals surface area contributed by atoms with Crippen molar-refractivity contribution in [2.24, 2.45) is 14.1 Å². The molecule has 0 unspecified atom stereocenters. The van der Waals surface area contributed by atoms with Crippen LogP contribution in [0, 0.1) is 0 Å². The molecule has 9 heteroatoms. The number of hydrogen-bond donors (Lipinski definition) is 0. The minimum absolute atomic E-state index is 0.0337. The molecule has 0 saturated carbocycles. The Balaban J connectivity index is 3.05. The molecule has 128 valence electrons. The summed E-state index contributed by atoms with van der Waals surface area (Å²) in [7, 11) is 2.70. The van der Waals surface area contributed by atoms with Crippen LogP contribution in [0.3, 0.4) is 0 Å². The minimum atomic E-state index is -4.49. The fourth-order valence-corrected chi connectivity index (χ4v) is 1.97. The summed E-state index contributed by atoms with van der Waals surface area (Å²) in [5.41, 5.74) is -1.13. The number of carbonyl (C=O) groups is 1. The number of nitrogens with zero attached hydrogens (tertiary/aromatic N) is 3. The number of hydrogen-bond acceptors (Lipinski definition) is 3. The van der Waals surface area contributed by atoms with Gasteiger partial charge in [-0.3, -0.25) is 14.2 Å². The number of carbonyl (C=O) groups excluding carboxylic acids is 1. The topological polar surface area (TPSA) is 64.3 Å². The van der Waals surface area contributed by atoms with Crippen molar-refractivity contribution in [3.05, 3.63) is 38.7 Å². The largest absolute Gasteiger partial charge is 0.406 e. The first-order valence-corrected chi connectivity index (χ1v) is 6.87. The van der Waals surface area contributed by atoms with Crippen LogP contribution >= 0.6 is 0 Å². The number of alkyl halides is 3. The molecule has 0 aliphatic rings. The van der Waals surface area contributed by atoms with E-state index in [9.17, 15) is 27.6 Å². The Bertz CT molecular complexity index is 717. The van der Waals surface area contributed by atoms with Crippen molar-refractivity contribution in [2.45, 2.75) is 19.5 Å². The Morgan fingerprint density at radius 1 is 1.30 bits per heavy atom. The molecule has 1 rings (SSSR count). The first-order chi connectivity index (χ1) is 10.6. The van der Waals surface area contributed by atoms with Crippen molar-refractivity contribution >= 4 is 12.0 Å². The summed E-state index contributed by atoms with van der Waals surface area (Å²) in [6.07, 6.45) is -0.878. The third-order valence-corrected chi connectivity index (χ3v) is 3.05. The molecule has 0 aromatic carbocycles. The van der Waals surface area contributed by atoms with Crippen LogP contribution in [-0.2, 0) is 18.9 Å². The summed E-state index contributed by atoms with van der Waals surface area (Å²) >= 11 is 0. The van der Waals surface area contributed by atoms with Gasteiger partial charge in [0.25, 0.3) is 5.56 Å². The van der Waals surface area contributed by atoms with E-state index in [2.05, 4.69) is 0 Å². The van der Waals surface area contributed by atoms with Crippen LogP contribution in [0.4, 0.5) is 13.2 Å². The summed E-state index contributed by atoms with van der Waals surface area (Å²) in [6, 6.07) is 0. The third kappa shape index (κ3) is 5.11. The maximum atomic E-state index is 12.5. The lowest BCUT2D eigenvalue weighted by atomic mass is 10.2. The molecule has 0 atom stereocenters. The van der Waals surface area contributed by atoms with E-state index in [-0.39, 0.29) is 12.1 Å². The molecule has 1 aromatic heterocycles. The Kier molecular flexibility index (Phi) is 5.94. The fraction of sp³-hybridized carbons (Fsp3) is 0.500. The molecular formula is C14H18F3N3O3. The van der Waals surface area contributed by atoms with Crippen molar-refractivity contribution < 1.29 is 18.0 Å². The van der Waals surface area contributed by atoms with Gasteiger partial charge in [-0.25, -0.2) is 4.79 Å². The van der Waals surface area contributed by atoms with Gasteiger partial charge in [0.05, 0.1) is 5.56 Å². The van der Waals surface area contributed by atoms with Crippen LogP contribution in [-0.4, -0.2) is 39.2 Å². The van der Waals surface area contributed by atoms with E-state index >= 15 is 0 Å². The first kappa shape index (κ1) is 18.7. The maximum Gasteiger partial charge on any atom is 0.406 e. The monoisotopic (exact) mass is 333 g/mol. The molecule has 1 aromatic rings. The van der Waals surface area contributed by atoms with Crippen LogP contribution < -0.4 is 11.2 Å². The Hall–Kier alpha value is -2.32. The average Bonchev–Trinajstić information content (AvgIpc) is 2.45. The van der Waals surface area contributed by atoms with Crippen molar-refractivity contribution in [2.75, 3.05) is 13.1 Å². The van der Waals surface area contributed by atoms with Crippen molar-refractivity contribution in [3.8, 4) is 0 Å². The maximum absolute atomic E-state index is 12.5. The molecule has 0 radical (unpaired) electrons. The molecule has 1 amide bonds. The lowest BCUT2D eigenvalue weighted by Crippen LogP contribution is -2.39. The van der Waals surface area contributed by atoms with E-state index in [1.165, 1.54) is 20.3 Å². The normalized spacial score (nSPS) is 11.9. The highest BCUT2D eigenvalue weighted by atomic mass is 19.4. The molecular weight excluding hydrogens is 315 g/mol. The molecule has 0 bridgehead atoms. The highest BCUT2D eigenvalue weighted by Crippen LogP contribution is 2.17. The molecule has 0 spiro atoms. The van der Waals surface area contributed by atoms with E-state index in [1.54, 1.807) is 6.92 Å². The summed E-state index contributed by atoms with van der Waals surface area (Å²) in [5, 5.41) is 0. The Morgan fingerprint density at radius 2 is 1.91 bits per heavy atom. The molecule has 0 fully saturated rings. The van der Waals surface area contributed by atoms with Gasteiger partial charge in [0.2, 0.25) is 5.91 Å². The lowest BCUT2D eigenvalue weighted by molar-refractivity contribution is -0.158. The molecule has 1 heterocycles. The van der Waals surface area contributed by atoms with Crippen molar-refractivity contribution in [1.82, 2.24) is 14.0 Å². The van der Waals surface area contributed by atoms with Gasteiger partial charge < -0.3 is 9.47 Å². The Labute approximate surface area is 130 Å². The first-order valence-electron chi connectivity index (χ1n) is 6.87. The fourth-order valence-electron chi connectivity index (χ4n) is 1.97. The quantitative estimate of drug-likeness (QED) is 0.752. The van der Waals surface area contributed by atoms with Crippen LogP contribution in [0.25, 0.3) is 6.08 Å².